The maximum Gasteiger partial charge on any atom is 0.0728 e. The molecular formula is C19H31Cl3N2O. The number of likely N-dealkylation sites (N-methyl/N-ethyl adjacent to an activating group) is 1. The maximum absolute atomic E-state index is 11.4. The Morgan fingerprint density at radius 2 is 2.00 bits per heavy atom. The highest BCUT2D eigenvalue weighted by Gasteiger charge is 2.40. The normalized spacial score (nSPS) is 24.2. The van der Waals surface area contributed by atoms with Crippen LogP contribution in [0.25, 0.3) is 0 Å². The Labute approximate surface area is 169 Å². The summed E-state index contributed by atoms with van der Waals surface area (Å²) in [5, 5.41) is 15.5. The Hall–Kier alpha value is -0.0300. The summed E-state index contributed by atoms with van der Waals surface area (Å²) in [5.41, 5.74) is 0.607. The molecule has 6 heteroatoms. The van der Waals surface area contributed by atoms with E-state index in [9.17, 15) is 5.11 Å². The van der Waals surface area contributed by atoms with Crippen LogP contribution in [-0.4, -0.2) is 48.3 Å². The van der Waals surface area contributed by atoms with Gasteiger partial charge in [-0.1, -0.05) is 43.0 Å². The van der Waals surface area contributed by atoms with Crippen LogP contribution in [0.1, 0.15) is 50.0 Å². The number of nitrogens with one attached hydrogen (secondary N) is 1. The van der Waals surface area contributed by atoms with E-state index in [1.54, 1.807) is 0 Å². The molecule has 1 saturated heterocycles. The van der Waals surface area contributed by atoms with Gasteiger partial charge in [-0.05, 0) is 50.6 Å². The maximum atomic E-state index is 11.4. The van der Waals surface area contributed by atoms with Crippen LogP contribution in [0.2, 0.25) is 5.02 Å². The van der Waals surface area contributed by atoms with Crippen LogP contribution >= 0.6 is 36.4 Å². The molecule has 1 aromatic carbocycles. The number of aliphatic hydroxyl groups is 1. The van der Waals surface area contributed by atoms with E-state index in [0.717, 1.165) is 50.3 Å². The molecule has 1 aliphatic heterocycles. The minimum atomic E-state index is -0.583. The zero-order valence-electron chi connectivity index (χ0n) is 14.9. The van der Waals surface area contributed by atoms with Gasteiger partial charge < -0.3 is 15.3 Å². The molecule has 3 rings (SSSR count). The number of rotatable bonds is 5. The highest BCUT2D eigenvalue weighted by atomic mass is 35.5. The summed E-state index contributed by atoms with van der Waals surface area (Å²) in [7, 11) is 2.04. The lowest BCUT2D eigenvalue weighted by Crippen LogP contribution is -2.44. The molecule has 2 N–H and O–H groups in total. The first-order valence-corrected chi connectivity index (χ1v) is 9.36. The van der Waals surface area contributed by atoms with E-state index in [-0.39, 0.29) is 30.7 Å². The second-order valence-electron chi connectivity index (χ2n) is 7.31. The van der Waals surface area contributed by atoms with Crippen molar-refractivity contribution in [3.05, 3.63) is 34.9 Å². The summed E-state index contributed by atoms with van der Waals surface area (Å²) >= 11 is 6.23. The Morgan fingerprint density at radius 3 is 2.60 bits per heavy atom. The van der Waals surface area contributed by atoms with Gasteiger partial charge in [0.2, 0.25) is 0 Å². The van der Waals surface area contributed by atoms with E-state index in [1.165, 1.54) is 18.4 Å². The topological polar surface area (TPSA) is 35.5 Å². The van der Waals surface area contributed by atoms with Gasteiger partial charge in [-0.3, -0.25) is 0 Å². The number of benzene rings is 1. The summed E-state index contributed by atoms with van der Waals surface area (Å²) in [5.74, 6) is 0.150. The van der Waals surface area contributed by atoms with Gasteiger partial charge >= 0.3 is 0 Å². The van der Waals surface area contributed by atoms with E-state index in [0.29, 0.717) is 6.04 Å². The Bertz CT molecular complexity index is 523. The second-order valence-corrected chi connectivity index (χ2v) is 7.74. The van der Waals surface area contributed by atoms with Crippen molar-refractivity contribution < 1.29 is 5.11 Å². The van der Waals surface area contributed by atoms with Crippen molar-refractivity contribution in [2.75, 3.05) is 26.7 Å². The summed E-state index contributed by atoms with van der Waals surface area (Å²) < 4.78 is 0. The largest absolute Gasteiger partial charge is 0.389 e. The highest BCUT2D eigenvalue weighted by Crippen LogP contribution is 2.41. The molecule has 0 amide bonds. The summed E-state index contributed by atoms with van der Waals surface area (Å²) in [4.78, 5) is 2.50. The van der Waals surface area contributed by atoms with E-state index in [4.69, 9.17) is 11.6 Å². The van der Waals surface area contributed by atoms with E-state index < -0.39 is 5.60 Å². The lowest BCUT2D eigenvalue weighted by atomic mass is 9.72. The molecule has 0 bridgehead atoms. The molecule has 144 valence electrons. The van der Waals surface area contributed by atoms with Gasteiger partial charge in [-0.15, -0.1) is 24.8 Å². The minimum Gasteiger partial charge on any atom is -0.389 e. The number of hydrogen-bond donors (Lipinski definition) is 2. The summed E-state index contributed by atoms with van der Waals surface area (Å²) in [6.07, 6.45) is 6.52. The van der Waals surface area contributed by atoms with Gasteiger partial charge in [0.05, 0.1) is 5.60 Å². The highest BCUT2D eigenvalue weighted by molar-refractivity contribution is 6.30. The van der Waals surface area contributed by atoms with Gasteiger partial charge in [0.15, 0.2) is 0 Å². The van der Waals surface area contributed by atoms with Crippen molar-refractivity contribution >= 4 is 36.4 Å². The van der Waals surface area contributed by atoms with Crippen molar-refractivity contribution in [1.29, 1.82) is 0 Å². The first-order chi connectivity index (χ1) is 11.1. The molecule has 0 radical (unpaired) electrons. The average molecular weight is 410 g/mol. The lowest BCUT2D eigenvalue weighted by molar-refractivity contribution is -0.0295. The van der Waals surface area contributed by atoms with Crippen LogP contribution < -0.4 is 5.32 Å². The molecular weight excluding hydrogens is 379 g/mol. The molecule has 1 aromatic rings. The first-order valence-electron chi connectivity index (χ1n) is 8.98. The zero-order valence-corrected chi connectivity index (χ0v) is 17.3. The molecule has 2 aliphatic rings. The number of hydrogen-bond acceptors (Lipinski definition) is 3. The molecule has 0 aromatic heterocycles. The third-order valence-electron chi connectivity index (χ3n) is 5.74. The predicted octanol–water partition coefficient (Wildman–Crippen LogP) is 4.26. The Morgan fingerprint density at radius 1 is 1.28 bits per heavy atom. The second kappa shape index (κ2) is 10.3. The van der Waals surface area contributed by atoms with Crippen LogP contribution in [0, 0.1) is 0 Å². The fraction of sp³-hybridized carbons (Fsp3) is 0.684. The van der Waals surface area contributed by atoms with E-state index >= 15 is 0 Å². The van der Waals surface area contributed by atoms with Crippen molar-refractivity contribution in [1.82, 2.24) is 10.2 Å². The van der Waals surface area contributed by atoms with Crippen LogP contribution in [0.4, 0.5) is 0 Å². The van der Waals surface area contributed by atoms with Crippen molar-refractivity contribution in [2.45, 2.75) is 56.1 Å². The Kier molecular flexibility index (Phi) is 9.52. The third kappa shape index (κ3) is 5.72. The minimum absolute atomic E-state index is 0. The van der Waals surface area contributed by atoms with Crippen molar-refractivity contribution in [2.24, 2.45) is 0 Å². The zero-order chi connectivity index (χ0) is 16.3. The summed E-state index contributed by atoms with van der Waals surface area (Å²) in [6, 6.07) is 8.69. The van der Waals surface area contributed by atoms with Crippen LogP contribution in [0.5, 0.6) is 0 Å². The monoisotopic (exact) mass is 408 g/mol. The van der Waals surface area contributed by atoms with E-state index in [2.05, 4.69) is 16.3 Å². The molecule has 0 spiro atoms. The fourth-order valence-corrected chi connectivity index (χ4v) is 4.51. The molecule has 1 saturated carbocycles. The molecule has 1 heterocycles. The van der Waals surface area contributed by atoms with E-state index in [1.807, 2.05) is 25.2 Å². The third-order valence-corrected chi connectivity index (χ3v) is 5.98. The van der Waals surface area contributed by atoms with Crippen LogP contribution in [0.3, 0.4) is 0 Å². The number of likely N-dealkylation sites (tertiary alicyclic amines) is 1. The van der Waals surface area contributed by atoms with Gasteiger partial charge in [0, 0.05) is 30.1 Å². The van der Waals surface area contributed by atoms with Gasteiger partial charge in [0.1, 0.15) is 0 Å². The molecule has 1 unspecified atom stereocenters. The quantitative estimate of drug-likeness (QED) is 0.763. The molecule has 1 aliphatic carbocycles. The number of halogens is 3. The van der Waals surface area contributed by atoms with Crippen LogP contribution in [-0.2, 0) is 0 Å². The standard InChI is InChI=1S/C19H29ClN2O.2ClH/c1-21-17-8-11-22(13-17)14-18(15-6-5-7-16(20)12-15)19(23)9-3-2-4-10-19;;/h5-7,12,17-18,21,23H,2-4,8-11,13-14H2,1H3;2*1H/t17-,18?;;/m0../s1. The predicted molar refractivity (Wildman–Crippen MR) is 111 cm³/mol. The fourth-order valence-electron chi connectivity index (χ4n) is 4.31. The summed E-state index contributed by atoms with van der Waals surface area (Å²) in [6.45, 7) is 3.11. The average Bonchev–Trinajstić information content (AvgIpc) is 3.01. The first kappa shape index (κ1) is 23.0. The van der Waals surface area contributed by atoms with Crippen LogP contribution in [0.15, 0.2) is 24.3 Å². The van der Waals surface area contributed by atoms with Crippen molar-refractivity contribution in [3.63, 3.8) is 0 Å². The van der Waals surface area contributed by atoms with Crippen molar-refractivity contribution in [3.8, 4) is 0 Å². The lowest BCUT2D eigenvalue weighted by Gasteiger charge is -2.41. The molecule has 25 heavy (non-hydrogen) atoms. The molecule has 3 nitrogen and oxygen atoms in total. The number of nitrogens with zero attached hydrogens (tertiary/aromatic N) is 1. The molecule has 2 fully saturated rings. The molecule has 2 atom stereocenters. The smallest absolute Gasteiger partial charge is 0.0728 e. The van der Waals surface area contributed by atoms with Gasteiger partial charge in [-0.2, -0.15) is 0 Å². The SMILES string of the molecule is CN[C@H]1CCN(CC(c2cccc(Cl)c2)C2(O)CCCCC2)C1.Cl.Cl. The van der Waals surface area contributed by atoms with Gasteiger partial charge in [-0.25, -0.2) is 0 Å². The Balaban J connectivity index is 0.00000156. The van der Waals surface area contributed by atoms with Gasteiger partial charge in [0.25, 0.3) is 0 Å².